The maximum atomic E-state index is 11.4. The zero-order valence-electron chi connectivity index (χ0n) is 46.9. The smallest absolute Gasteiger partial charge is 0.677 e. The number of carbonyl (C=O) groups excluding carboxylic acids is 8. The number of nitrogens with zero attached hydrogens (tertiary/aromatic N) is 3. The second-order valence-electron chi connectivity index (χ2n) is 18.7. The van der Waals surface area contributed by atoms with Crippen molar-refractivity contribution >= 4 is 83.4 Å². The molecule has 0 spiro atoms. The van der Waals surface area contributed by atoms with E-state index in [2.05, 4.69) is 18.6 Å². The number of aliphatic carboxylic acids is 6. The number of rotatable bonds is 20. The molecule has 5 aliphatic rings. The minimum absolute atomic E-state index is 0. The van der Waals surface area contributed by atoms with Gasteiger partial charge in [0.2, 0.25) is 0 Å². The van der Waals surface area contributed by atoms with Crippen LogP contribution in [0.2, 0.25) is 0 Å². The van der Waals surface area contributed by atoms with Gasteiger partial charge in [-0.1, -0.05) is 84.5 Å². The molecule has 0 bridgehead atoms. The molecule has 5 rings (SSSR count). The number of hydrogen-bond acceptors (Lipinski definition) is 16. The molecule has 0 aromatic rings. The summed E-state index contributed by atoms with van der Waals surface area (Å²) in [5, 5.41) is 46.3. The zero-order valence-corrected chi connectivity index (χ0v) is 51.5. The van der Waals surface area contributed by atoms with E-state index in [4.69, 9.17) is 66.0 Å². The summed E-state index contributed by atoms with van der Waals surface area (Å²) in [5.74, 6) is -10.3. The van der Waals surface area contributed by atoms with E-state index < -0.39 is 47.9 Å². The van der Waals surface area contributed by atoms with Gasteiger partial charge in [0.25, 0.3) is 35.4 Å². The van der Waals surface area contributed by atoms with Crippen LogP contribution >= 0.6 is 0 Å². The predicted molar refractivity (Wildman–Crippen MR) is 289 cm³/mol. The summed E-state index contributed by atoms with van der Waals surface area (Å²) < 4.78 is 9.21. The first-order chi connectivity index (χ1) is 37.5. The molecule has 0 saturated heterocycles. The molecule has 6 amide bonds. The molecule has 4 atom stereocenters. The van der Waals surface area contributed by atoms with Gasteiger partial charge in [0.1, 0.15) is 0 Å². The number of esters is 1. The van der Waals surface area contributed by atoms with Crippen LogP contribution in [0.4, 0.5) is 4.79 Å². The van der Waals surface area contributed by atoms with Crippen molar-refractivity contribution < 1.29 is 160 Å². The van der Waals surface area contributed by atoms with Gasteiger partial charge in [0, 0.05) is 75.4 Å². The Morgan fingerprint density at radius 3 is 0.952 bits per heavy atom. The number of carboxylic acids is 6. The predicted octanol–water partition coefficient (Wildman–Crippen LogP) is 4.44. The van der Waals surface area contributed by atoms with Gasteiger partial charge in [-0.15, -0.1) is 0 Å². The standard InChI is InChI=1S/C15H21NO6.2C10H13NO4.2C7H13N.2C2H2O4.2H2O.2Pt/c1-11(2)10-21-15(20)22-14(19)6-4-3-5-9-16-12(17)7-8-13(16)18;2*12-8-5-6-9(13)11(8)7-3-1-2-4-10(14)15;2*1-6-4-2-3-5-7(6)8;2*3-1(4)2(5)6;;;;/h7-8,11H,3-6,9-10H2,1-2H3;2*5-6H,1-4,7H2,(H,14,15);2*6-8H,1-5H2;2*(H,3,4)(H,5,6);2*1H2;;/q;;;2*-2;;;;;2*+2/t;;;2*6-,7-;;;;;;/m...11....../s1. The van der Waals surface area contributed by atoms with E-state index in [1.807, 2.05) is 13.8 Å². The molecule has 3 aliphatic heterocycles. The van der Waals surface area contributed by atoms with E-state index in [1.54, 1.807) is 0 Å². The van der Waals surface area contributed by atoms with Crippen LogP contribution in [0.3, 0.4) is 0 Å². The molecule has 31 heteroatoms. The third-order valence-electron chi connectivity index (χ3n) is 11.4. The Labute approximate surface area is 516 Å². The van der Waals surface area contributed by atoms with Crippen LogP contribution in [0.25, 0.3) is 11.5 Å². The van der Waals surface area contributed by atoms with Crippen molar-refractivity contribution in [3.05, 3.63) is 61.8 Å². The van der Waals surface area contributed by atoms with Crippen molar-refractivity contribution in [1.29, 1.82) is 0 Å². The van der Waals surface area contributed by atoms with Gasteiger partial charge in [-0.2, -0.15) is 23.9 Å². The number of ether oxygens (including phenoxy) is 2. The SMILES string of the molecule is CC(C)COC(=O)OC(=O)CCCCCN1C(=O)C=CC1=O.O.O.O=C(O)C(=O)O.O=C(O)C(=O)O.O=C(O)CCCCCN1C(=O)C=CC1=O.O=C(O)CCCCCN1C(=O)C=CC1=O.[CH2-][C@@H]1CCCC[C@H]1[NH-].[CH2-][C@@H]1CCCC[C@H]1[NH-].[Pt+2].[Pt+2]. The van der Waals surface area contributed by atoms with Crippen LogP contribution in [-0.2, 0) is 114 Å². The van der Waals surface area contributed by atoms with Crippen molar-refractivity contribution in [3.8, 4) is 0 Å². The molecule has 3 heterocycles. The Bertz CT molecular complexity index is 1990. The topological polar surface area (TPSA) is 499 Å². The summed E-state index contributed by atoms with van der Waals surface area (Å²) in [6.07, 6.45) is 22.1. The van der Waals surface area contributed by atoms with Gasteiger partial charge < -0.3 is 76.4 Å². The van der Waals surface area contributed by atoms with E-state index in [-0.39, 0.29) is 132 Å². The fraction of sp³-hybridized carbons (Fsp3) is 0.585. The molecule has 2 fully saturated rings. The average Bonchev–Trinajstić information content (AvgIpc) is 4.01. The molecular weight excluding hydrogens is 1480 g/mol. The molecule has 2 aliphatic carbocycles. The fourth-order valence-corrected chi connectivity index (χ4v) is 6.94. The van der Waals surface area contributed by atoms with Crippen LogP contribution in [0, 0.1) is 31.6 Å². The molecule has 29 nitrogen and oxygen atoms in total. The molecule has 0 aromatic heterocycles. The van der Waals surface area contributed by atoms with Crippen molar-refractivity contribution in [1.82, 2.24) is 14.7 Å². The number of carboxylic acid groups (broad SMARTS) is 6. The second-order valence-corrected chi connectivity index (χ2v) is 18.7. The Hall–Kier alpha value is -6.38. The van der Waals surface area contributed by atoms with Gasteiger partial charge in [-0.3, -0.25) is 57.9 Å². The second kappa shape index (κ2) is 52.2. The number of nitrogens with one attached hydrogen (secondary N) is 2. The minimum Gasteiger partial charge on any atom is -0.677 e. The number of hydrogen-bond donors (Lipinski definition) is 6. The van der Waals surface area contributed by atoms with Crippen LogP contribution in [0.5, 0.6) is 0 Å². The van der Waals surface area contributed by atoms with Gasteiger partial charge in [-0.25, -0.2) is 24.0 Å². The van der Waals surface area contributed by atoms with Gasteiger partial charge in [0.15, 0.2) is 0 Å². The Balaban J connectivity index is -0.000000220. The maximum absolute atomic E-state index is 11.4. The average molecular weight is 1560 g/mol. The molecule has 482 valence electrons. The first-order valence-electron chi connectivity index (χ1n) is 25.9. The Morgan fingerprint density at radius 2 is 0.738 bits per heavy atom. The third kappa shape index (κ3) is 46.0. The van der Waals surface area contributed by atoms with Gasteiger partial charge in [0.05, 0.1) is 6.61 Å². The van der Waals surface area contributed by atoms with E-state index in [9.17, 15) is 47.9 Å². The van der Waals surface area contributed by atoms with E-state index >= 15 is 0 Å². The minimum atomic E-state index is -1.82. The van der Waals surface area contributed by atoms with Crippen LogP contribution in [0.1, 0.15) is 142 Å². The number of carbonyl (C=O) groups is 14. The first kappa shape index (κ1) is 88.8. The monoisotopic (exact) mass is 1560 g/mol. The molecule has 2 saturated carbocycles. The third-order valence-corrected chi connectivity index (χ3v) is 11.4. The summed E-state index contributed by atoms with van der Waals surface area (Å²) in [7, 11) is 0. The quantitative estimate of drug-likeness (QED) is 0.0245. The summed E-state index contributed by atoms with van der Waals surface area (Å²) >= 11 is 0. The van der Waals surface area contributed by atoms with E-state index in [0.717, 1.165) is 17.7 Å². The summed E-state index contributed by atoms with van der Waals surface area (Å²) in [4.78, 5) is 150. The molecular formula is C53H81N5O24Pt2. The molecule has 0 unspecified atom stereocenters. The normalized spacial score (nSPS) is 17.6. The van der Waals surface area contributed by atoms with Gasteiger partial charge in [-0.05, 0) is 44.4 Å². The Kier molecular flexibility index (Phi) is 55.2. The van der Waals surface area contributed by atoms with Crippen LogP contribution in [-0.4, -0.2) is 178 Å². The largest absolute Gasteiger partial charge is 2.00 e. The molecule has 0 aromatic carbocycles. The number of unbranched alkanes of at least 4 members (excludes halogenated alkanes) is 6. The molecule has 84 heavy (non-hydrogen) atoms. The van der Waals surface area contributed by atoms with E-state index in [1.165, 1.54) is 84.8 Å². The summed E-state index contributed by atoms with van der Waals surface area (Å²) in [5.41, 5.74) is 14.8. The number of imide groups is 3. The fourth-order valence-electron chi connectivity index (χ4n) is 6.94. The van der Waals surface area contributed by atoms with Crippen molar-refractivity contribution in [3.63, 3.8) is 0 Å². The van der Waals surface area contributed by atoms with Crippen molar-refractivity contribution in [2.75, 3.05) is 26.2 Å². The molecule has 12 N–H and O–H groups in total. The van der Waals surface area contributed by atoms with Crippen LogP contribution < -0.4 is 0 Å². The summed E-state index contributed by atoms with van der Waals surface area (Å²) in [6, 6.07) is 0.285. The van der Waals surface area contributed by atoms with Crippen LogP contribution in [0.15, 0.2) is 36.5 Å². The summed E-state index contributed by atoms with van der Waals surface area (Å²) in [6.45, 7) is 12.8. The van der Waals surface area contributed by atoms with Crippen molar-refractivity contribution in [2.24, 2.45) is 17.8 Å². The Morgan fingerprint density at radius 1 is 0.476 bits per heavy atom. The maximum Gasteiger partial charge on any atom is 2.00 e. The van der Waals surface area contributed by atoms with E-state index in [0.29, 0.717) is 89.3 Å². The molecule has 0 radical (unpaired) electrons. The van der Waals surface area contributed by atoms with Gasteiger partial charge >= 0.3 is 90.1 Å². The zero-order chi connectivity index (χ0) is 61.3. The first-order valence-corrected chi connectivity index (χ1v) is 25.9. The number of amides is 6. The van der Waals surface area contributed by atoms with Crippen molar-refractivity contribution in [2.45, 2.75) is 154 Å².